The van der Waals surface area contributed by atoms with Gasteiger partial charge in [0.25, 0.3) is 0 Å². The van der Waals surface area contributed by atoms with Crippen molar-refractivity contribution < 1.29 is 14.3 Å². The van der Waals surface area contributed by atoms with E-state index in [0.717, 1.165) is 5.56 Å². The number of morpholine rings is 1. The molecule has 2 radical (unpaired) electrons. The lowest BCUT2D eigenvalue weighted by Crippen LogP contribution is -2.44. The zero-order valence-corrected chi connectivity index (χ0v) is 12.3. The number of hydrogen-bond donors (Lipinski definition) is 0. The van der Waals surface area contributed by atoms with Crippen LogP contribution < -0.4 is 5.46 Å². The minimum atomic E-state index is -0.480. The Kier molecular flexibility index (Phi) is 4.38. The summed E-state index contributed by atoms with van der Waals surface area (Å²) < 4.78 is 11.1. The standard InChI is InChI=1S/C15H20BNO3/c1-15(2,3)20-14(18)17-8-9-19-13(10-17)11-4-6-12(16)7-5-11/h4-7,13H,8-10H2,1-3H3. The molecular weight excluding hydrogens is 253 g/mol. The highest BCUT2D eigenvalue weighted by Crippen LogP contribution is 2.22. The maximum Gasteiger partial charge on any atom is 0.410 e. The van der Waals surface area contributed by atoms with E-state index in [9.17, 15) is 4.79 Å². The molecule has 0 aliphatic carbocycles. The van der Waals surface area contributed by atoms with Crippen LogP contribution in [0.1, 0.15) is 32.4 Å². The average Bonchev–Trinajstić information content (AvgIpc) is 2.38. The number of nitrogens with zero attached hydrogens (tertiary/aromatic N) is 1. The van der Waals surface area contributed by atoms with Gasteiger partial charge in [-0.25, -0.2) is 4.79 Å². The lowest BCUT2D eigenvalue weighted by Gasteiger charge is -2.34. The fourth-order valence-electron chi connectivity index (χ4n) is 2.05. The molecule has 1 amide bonds. The van der Waals surface area contributed by atoms with Crippen LogP contribution in [0.15, 0.2) is 24.3 Å². The molecule has 1 aromatic carbocycles. The number of benzene rings is 1. The van der Waals surface area contributed by atoms with Gasteiger partial charge in [0, 0.05) is 6.54 Å². The first-order valence-electron chi connectivity index (χ1n) is 6.80. The monoisotopic (exact) mass is 273 g/mol. The van der Waals surface area contributed by atoms with E-state index in [-0.39, 0.29) is 12.2 Å². The van der Waals surface area contributed by atoms with Crippen LogP contribution in [0.4, 0.5) is 4.79 Å². The van der Waals surface area contributed by atoms with Crippen molar-refractivity contribution in [3.05, 3.63) is 29.8 Å². The van der Waals surface area contributed by atoms with Crippen molar-refractivity contribution in [3.63, 3.8) is 0 Å². The number of rotatable bonds is 1. The van der Waals surface area contributed by atoms with Gasteiger partial charge in [-0.15, -0.1) is 0 Å². The molecule has 1 aliphatic rings. The first-order valence-corrected chi connectivity index (χ1v) is 6.80. The molecule has 1 atom stereocenters. The molecule has 0 bridgehead atoms. The summed E-state index contributed by atoms with van der Waals surface area (Å²) in [5, 5.41) is 0. The Balaban J connectivity index is 2.01. The summed E-state index contributed by atoms with van der Waals surface area (Å²) in [4.78, 5) is 13.8. The van der Waals surface area contributed by atoms with Crippen LogP contribution in [0.5, 0.6) is 0 Å². The summed E-state index contributed by atoms with van der Waals surface area (Å²) in [5.41, 5.74) is 1.26. The Labute approximate surface area is 121 Å². The van der Waals surface area contributed by atoms with Gasteiger partial charge in [-0.3, -0.25) is 0 Å². The molecule has 1 fully saturated rings. The molecule has 1 unspecified atom stereocenters. The number of ether oxygens (including phenoxy) is 2. The molecular formula is C15H20BNO3. The second-order valence-electron chi connectivity index (χ2n) is 5.95. The molecule has 20 heavy (non-hydrogen) atoms. The van der Waals surface area contributed by atoms with E-state index in [1.165, 1.54) is 0 Å². The Bertz CT molecular complexity index is 467. The van der Waals surface area contributed by atoms with Gasteiger partial charge < -0.3 is 14.4 Å². The highest BCUT2D eigenvalue weighted by atomic mass is 16.6. The van der Waals surface area contributed by atoms with Gasteiger partial charge >= 0.3 is 6.09 Å². The van der Waals surface area contributed by atoms with E-state index in [2.05, 4.69) is 0 Å². The normalized spacial score (nSPS) is 19.8. The zero-order chi connectivity index (χ0) is 14.8. The highest BCUT2D eigenvalue weighted by molar-refractivity contribution is 6.32. The van der Waals surface area contributed by atoms with Gasteiger partial charge in [0.05, 0.1) is 13.2 Å². The van der Waals surface area contributed by atoms with Crippen molar-refractivity contribution >= 4 is 19.4 Å². The third-order valence-electron chi connectivity index (χ3n) is 3.03. The van der Waals surface area contributed by atoms with Gasteiger partial charge in [-0.1, -0.05) is 29.7 Å². The number of hydrogen-bond acceptors (Lipinski definition) is 3. The van der Waals surface area contributed by atoms with E-state index in [1.54, 1.807) is 4.90 Å². The molecule has 1 aliphatic heterocycles. The van der Waals surface area contributed by atoms with Crippen molar-refractivity contribution in [1.29, 1.82) is 0 Å². The predicted molar refractivity (Wildman–Crippen MR) is 78.3 cm³/mol. The van der Waals surface area contributed by atoms with Gasteiger partial charge in [-0.2, -0.15) is 0 Å². The number of carbonyl (C=O) groups is 1. The van der Waals surface area contributed by atoms with E-state index < -0.39 is 5.60 Å². The van der Waals surface area contributed by atoms with E-state index in [4.69, 9.17) is 17.3 Å². The van der Waals surface area contributed by atoms with Crippen molar-refractivity contribution in [2.24, 2.45) is 0 Å². The summed E-state index contributed by atoms with van der Waals surface area (Å²) in [6.45, 7) is 7.15. The van der Waals surface area contributed by atoms with Crippen LogP contribution >= 0.6 is 0 Å². The van der Waals surface area contributed by atoms with E-state index in [0.29, 0.717) is 25.2 Å². The maximum atomic E-state index is 12.1. The topological polar surface area (TPSA) is 38.8 Å². The van der Waals surface area contributed by atoms with Crippen LogP contribution in [0.2, 0.25) is 0 Å². The third-order valence-corrected chi connectivity index (χ3v) is 3.03. The van der Waals surface area contributed by atoms with Crippen LogP contribution in [0.25, 0.3) is 0 Å². The molecule has 5 heteroatoms. The molecule has 0 N–H and O–H groups in total. The molecule has 2 rings (SSSR count). The van der Waals surface area contributed by atoms with Crippen molar-refractivity contribution in [3.8, 4) is 0 Å². The lowest BCUT2D eigenvalue weighted by molar-refractivity contribution is -0.0432. The van der Waals surface area contributed by atoms with Crippen LogP contribution in [0.3, 0.4) is 0 Å². The van der Waals surface area contributed by atoms with Gasteiger partial charge in [-0.05, 0) is 26.3 Å². The maximum absolute atomic E-state index is 12.1. The Hall–Kier alpha value is -1.49. The Morgan fingerprint density at radius 2 is 2.00 bits per heavy atom. The molecule has 4 nitrogen and oxygen atoms in total. The van der Waals surface area contributed by atoms with Crippen molar-refractivity contribution in [2.45, 2.75) is 32.5 Å². The predicted octanol–water partition coefficient (Wildman–Crippen LogP) is 1.79. The quantitative estimate of drug-likeness (QED) is 0.732. The van der Waals surface area contributed by atoms with Gasteiger partial charge in [0.1, 0.15) is 19.6 Å². The molecule has 1 saturated heterocycles. The van der Waals surface area contributed by atoms with E-state index >= 15 is 0 Å². The summed E-state index contributed by atoms with van der Waals surface area (Å²) >= 11 is 0. The highest BCUT2D eigenvalue weighted by Gasteiger charge is 2.28. The molecule has 1 heterocycles. The minimum Gasteiger partial charge on any atom is -0.444 e. The second-order valence-corrected chi connectivity index (χ2v) is 5.95. The molecule has 0 spiro atoms. The molecule has 0 aromatic heterocycles. The van der Waals surface area contributed by atoms with Gasteiger partial charge in [0.2, 0.25) is 0 Å². The third kappa shape index (κ3) is 4.00. The van der Waals surface area contributed by atoms with Crippen molar-refractivity contribution in [2.75, 3.05) is 19.7 Å². The van der Waals surface area contributed by atoms with Crippen LogP contribution in [-0.4, -0.2) is 44.1 Å². The molecule has 1 aromatic rings. The first kappa shape index (κ1) is 14.9. The Morgan fingerprint density at radius 1 is 1.35 bits per heavy atom. The van der Waals surface area contributed by atoms with Gasteiger partial charge in [0.15, 0.2) is 0 Å². The summed E-state index contributed by atoms with van der Waals surface area (Å²) in [6.07, 6.45) is -0.418. The largest absolute Gasteiger partial charge is 0.444 e. The second kappa shape index (κ2) is 5.88. The van der Waals surface area contributed by atoms with Crippen LogP contribution in [0, 0.1) is 0 Å². The Morgan fingerprint density at radius 3 is 2.60 bits per heavy atom. The lowest BCUT2D eigenvalue weighted by atomic mass is 9.94. The number of amides is 1. The molecule has 106 valence electrons. The fraction of sp³-hybridized carbons (Fsp3) is 0.533. The summed E-state index contributed by atoms with van der Waals surface area (Å²) in [6, 6.07) is 7.54. The zero-order valence-electron chi connectivity index (χ0n) is 12.3. The molecule has 0 saturated carbocycles. The van der Waals surface area contributed by atoms with Crippen molar-refractivity contribution in [1.82, 2.24) is 4.90 Å². The smallest absolute Gasteiger partial charge is 0.410 e. The fourth-order valence-corrected chi connectivity index (χ4v) is 2.05. The first-order chi connectivity index (χ1) is 9.35. The summed E-state index contributed by atoms with van der Waals surface area (Å²) in [5.74, 6) is 0. The SMILES string of the molecule is [B]c1ccc(C2CN(C(=O)OC(C)(C)C)CCO2)cc1. The summed E-state index contributed by atoms with van der Waals surface area (Å²) in [7, 11) is 5.68. The van der Waals surface area contributed by atoms with E-state index in [1.807, 2.05) is 45.0 Å². The van der Waals surface area contributed by atoms with Crippen LogP contribution in [-0.2, 0) is 9.47 Å². The average molecular weight is 273 g/mol. The minimum absolute atomic E-state index is 0.128. The number of carbonyl (C=O) groups excluding carboxylic acids is 1.